The Bertz CT molecular complexity index is 775. The van der Waals surface area contributed by atoms with Gasteiger partial charge in [0.25, 0.3) is 0 Å². The van der Waals surface area contributed by atoms with E-state index in [0.717, 1.165) is 77.0 Å². The van der Waals surface area contributed by atoms with E-state index in [1.807, 2.05) is 0 Å². The van der Waals surface area contributed by atoms with Crippen molar-refractivity contribution in [3.63, 3.8) is 0 Å². The third-order valence-electron chi connectivity index (χ3n) is 8.35. The van der Waals surface area contributed by atoms with Gasteiger partial charge in [-0.2, -0.15) is 0 Å². The first-order valence-corrected chi connectivity index (χ1v) is 13.6. The standard InChI is InChI=1S/C14H20O4.C14H20O2.2CH4/c15-14(9-2-4-11-13(6-9)18-11)16-7-8-1-3-10-12(5-8)17-10;15-14(13-9-5-2-6-10-13)16-11-12-7-3-1-4-8-12;;/h8-13H,1-7H2;1-3,5,12-13H,4,6-11H2;2*1H4. The minimum atomic E-state index is 0. The summed E-state index contributed by atoms with van der Waals surface area (Å²) in [4.78, 5) is 23.8. The van der Waals surface area contributed by atoms with Crippen molar-refractivity contribution in [2.75, 3.05) is 13.2 Å². The van der Waals surface area contributed by atoms with Gasteiger partial charge >= 0.3 is 11.9 Å². The summed E-state index contributed by atoms with van der Waals surface area (Å²) in [5, 5.41) is 0. The molecule has 8 unspecified atom stereocenters. The zero-order valence-corrected chi connectivity index (χ0v) is 20.3. The molecule has 4 aliphatic carbocycles. The zero-order valence-electron chi connectivity index (χ0n) is 20.3. The van der Waals surface area contributed by atoms with E-state index in [4.69, 9.17) is 18.9 Å². The molecule has 6 aliphatic rings. The number of fused-ring (bicyclic) bond motifs is 2. The average Bonchev–Trinajstić information content (AvgIpc) is 3.81. The van der Waals surface area contributed by atoms with Gasteiger partial charge in [-0.25, -0.2) is 0 Å². The summed E-state index contributed by atoms with van der Waals surface area (Å²) in [6.45, 7) is 1.21. The van der Waals surface area contributed by atoms with Gasteiger partial charge in [-0.1, -0.05) is 39.2 Å². The molecule has 2 heterocycles. The number of allylic oxidation sites excluding steroid dienone is 4. The summed E-state index contributed by atoms with van der Waals surface area (Å²) in [6.07, 6.45) is 22.9. The highest BCUT2D eigenvalue weighted by Crippen LogP contribution is 2.41. The number of carbonyl (C=O) groups is 2. The van der Waals surface area contributed by atoms with E-state index in [1.54, 1.807) is 0 Å². The van der Waals surface area contributed by atoms with Crippen molar-refractivity contribution in [1.29, 1.82) is 0 Å². The molecule has 8 atom stereocenters. The van der Waals surface area contributed by atoms with Crippen LogP contribution in [0.25, 0.3) is 0 Å². The molecule has 4 fully saturated rings. The summed E-state index contributed by atoms with van der Waals surface area (Å²) in [5.41, 5.74) is 0. The lowest BCUT2D eigenvalue weighted by Crippen LogP contribution is -2.27. The Kier molecular flexibility index (Phi) is 11.0. The van der Waals surface area contributed by atoms with E-state index >= 15 is 0 Å². The second-order valence-electron chi connectivity index (χ2n) is 11.0. The SMILES string of the molecule is C.C.O=C(OCC1CC=CCC1)C1CC=CCC1.O=C(OCC1CCC2OC2C1)C1CCC2OC2C1. The van der Waals surface area contributed by atoms with E-state index in [-0.39, 0.29) is 38.6 Å². The molecule has 36 heavy (non-hydrogen) atoms. The van der Waals surface area contributed by atoms with Crippen LogP contribution < -0.4 is 0 Å². The maximum absolute atomic E-state index is 12.0. The van der Waals surface area contributed by atoms with Gasteiger partial charge in [-0.15, -0.1) is 0 Å². The van der Waals surface area contributed by atoms with Crippen molar-refractivity contribution in [3.8, 4) is 0 Å². The fourth-order valence-corrected chi connectivity index (χ4v) is 5.91. The Morgan fingerprint density at radius 2 is 1.22 bits per heavy atom. The molecule has 0 radical (unpaired) electrons. The molecule has 0 amide bonds. The van der Waals surface area contributed by atoms with Crippen molar-refractivity contribution < 1.29 is 28.5 Å². The lowest BCUT2D eigenvalue weighted by atomic mass is 9.89. The Morgan fingerprint density at radius 3 is 1.83 bits per heavy atom. The lowest BCUT2D eigenvalue weighted by molar-refractivity contribution is -0.151. The molecule has 6 heteroatoms. The smallest absolute Gasteiger partial charge is 0.309 e. The predicted octanol–water partition coefficient (Wildman–Crippen LogP) is 6.18. The van der Waals surface area contributed by atoms with Gasteiger partial charge in [0.15, 0.2) is 0 Å². The first-order chi connectivity index (χ1) is 16.7. The Labute approximate surface area is 218 Å². The van der Waals surface area contributed by atoms with Crippen LogP contribution in [0, 0.1) is 23.7 Å². The molecular formula is C30H48O6. The largest absolute Gasteiger partial charge is 0.465 e. The van der Waals surface area contributed by atoms with Crippen LogP contribution in [0.15, 0.2) is 24.3 Å². The van der Waals surface area contributed by atoms with Gasteiger partial charge in [0, 0.05) is 0 Å². The fraction of sp³-hybridized carbons (Fsp3) is 0.800. The molecule has 0 aromatic heterocycles. The van der Waals surface area contributed by atoms with Crippen LogP contribution in [0.1, 0.15) is 91.9 Å². The van der Waals surface area contributed by atoms with Crippen molar-refractivity contribution in [1.82, 2.24) is 0 Å². The van der Waals surface area contributed by atoms with Crippen LogP contribution in [0.4, 0.5) is 0 Å². The van der Waals surface area contributed by atoms with Gasteiger partial charge in [0.05, 0.1) is 49.5 Å². The number of hydrogen-bond donors (Lipinski definition) is 0. The van der Waals surface area contributed by atoms with Crippen LogP contribution in [-0.2, 0) is 28.5 Å². The Balaban J connectivity index is 0.000000192. The van der Waals surface area contributed by atoms with Crippen molar-refractivity contribution >= 4 is 11.9 Å². The molecule has 0 bridgehead atoms. The molecule has 0 N–H and O–H groups in total. The highest BCUT2D eigenvalue weighted by molar-refractivity contribution is 5.73. The summed E-state index contributed by atoms with van der Waals surface area (Å²) in [6, 6.07) is 0. The minimum absolute atomic E-state index is 0. The monoisotopic (exact) mass is 504 g/mol. The molecule has 0 spiro atoms. The molecule has 204 valence electrons. The van der Waals surface area contributed by atoms with Crippen LogP contribution in [0.2, 0.25) is 0 Å². The quantitative estimate of drug-likeness (QED) is 0.244. The first kappa shape index (κ1) is 28.9. The maximum atomic E-state index is 12.0. The minimum Gasteiger partial charge on any atom is -0.465 e. The number of hydrogen-bond acceptors (Lipinski definition) is 6. The topological polar surface area (TPSA) is 77.7 Å². The van der Waals surface area contributed by atoms with Crippen molar-refractivity contribution in [2.45, 2.75) is 116 Å². The zero-order chi connectivity index (χ0) is 23.3. The second kappa shape index (κ2) is 13.8. The number of epoxide rings is 2. The van der Waals surface area contributed by atoms with Crippen LogP contribution in [0.5, 0.6) is 0 Å². The van der Waals surface area contributed by atoms with Gasteiger partial charge < -0.3 is 18.9 Å². The number of esters is 2. The van der Waals surface area contributed by atoms with E-state index in [9.17, 15) is 9.59 Å². The molecule has 2 saturated carbocycles. The fourth-order valence-electron chi connectivity index (χ4n) is 5.91. The van der Waals surface area contributed by atoms with Gasteiger partial charge in [-0.05, 0) is 88.9 Å². The third-order valence-corrected chi connectivity index (χ3v) is 8.35. The maximum Gasteiger partial charge on any atom is 0.309 e. The highest BCUT2D eigenvalue weighted by atomic mass is 16.6. The summed E-state index contributed by atoms with van der Waals surface area (Å²) in [5.74, 6) is 1.28. The Morgan fingerprint density at radius 1 is 0.611 bits per heavy atom. The van der Waals surface area contributed by atoms with Crippen molar-refractivity contribution in [3.05, 3.63) is 24.3 Å². The summed E-state index contributed by atoms with van der Waals surface area (Å²) in [7, 11) is 0. The molecule has 6 nitrogen and oxygen atoms in total. The lowest BCUT2D eigenvalue weighted by Gasteiger charge is -2.21. The highest BCUT2D eigenvalue weighted by Gasteiger charge is 2.47. The molecular weight excluding hydrogens is 456 g/mol. The van der Waals surface area contributed by atoms with E-state index in [2.05, 4.69) is 24.3 Å². The van der Waals surface area contributed by atoms with Crippen LogP contribution >= 0.6 is 0 Å². The molecule has 2 aliphatic heterocycles. The molecule has 6 rings (SSSR count). The average molecular weight is 505 g/mol. The van der Waals surface area contributed by atoms with Gasteiger partial charge in [0.1, 0.15) is 0 Å². The second-order valence-corrected chi connectivity index (χ2v) is 11.0. The molecule has 0 aromatic rings. The third kappa shape index (κ3) is 8.17. The number of ether oxygens (including phenoxy) is 4. The van der Waals surface area contributed by atoms with Crippen LogP contribution in [0.3, 0.4) is 0 Å². The van der Waals surface area contributed by atoms with E-state index in [1.165, 1.54) is 0 Å². The number of rotatable bonds is 6. The predicted molar refractivity (Wildman–Crippen MR) is 140 cm³/mol. The summed E-state index contributed by atoms with van der Waals surface area (Å²) >= 11 is 0. The Hall–Kier alpha value is -1.66. The van der Waals surface area contributed by atoms with Gasteiger partial charge in [0.2, 0.25) is 0 Å². The van der Waals surface area contributed by atoms with Crippen LogP contribution in [-0.4, -0.2) is 49.6 Å². The first-order valence-electron chi connectivity index (χ1n) is 13.6. The van der Waals surface area contributed by atoms with Crippen molar-refractivity contribution in [2.24, 2.45) is 23.7 Å². The van der Waals surface area contributed by atoms with E-state index in [0.29, 0.717) is 49.5 Å². The van der Waals surface area contributed by atoms with Gasteiger partial charge in [-0.3, -0.25) is 9.59 Å². The normalized spacial score (nSPS) is 37.3. The molecule has 0 aromatic carbocycles. The summed E-state index contributed by atoms with van der Waals surface area (Å²) < 4.78 is 21.9. The van der Waals surface area contributed by atoms with E-state index < -0.39 is 0 Å². The molecule has 2 saturated heterocycles. The number of carbonyl (C=O) groups excluding carboxylic acids is 2.